The number of halogens is 1. The van der Waals surface area contributed by atoms with Crippen LogP contribution in [0.25, 0.3) is 0 Å². The molecule has 0 bridgehead atoms. The first-order valence-corrected chi connectivity index (χ1v) is 3.67. The number of nitrogens with zero attached hydrogens (tertiary/aromatic N) is 1. The zero-order valence-corrected chi connectivity index (χ0v) is 7.37. The van der Waals surface area contributed by atoms with Crippen molar-refractivity contribution in [1.82, 2.24) is 0 Å². The van der Waals surface area contributed by atoms with Gasteiger partial charge in [-0.25, -0.2) is 4.39 Å². The van der Waals surface area contributed by atoms with Crippen LogP contribution in [-0.4, -0.2) is 13.0 Å². The molecular weight excluding hydrogens is 187 g/mol. The van der Waals surface area contributed by atoms with Gasteiger partial charge in [-0.1, -0.05) is 0 Å². The van der Waals surface area contributed by atoms with Gasteiger partial charge in [0.2, 0.25) is 0 Å². The van der Waals surface area contributed by atoms with E-state index in [1.807, 2.05) is 0 Å². The molecule has 0 atom stereocenters. The Morgan fingerprint density at radius 1 is 1.64 bits per heavy atom. The number of rotatable bonds is 2. The predicted molar refractivity (Wildman–Crippen MR) is 46.2 cm³/mol. The number of nitrogens with two attached hydrogens (primary N) is 1. The van der Waals surface area contributed by atoms with Gasteiger partial charge in [-0.05, 0) is 6.07 Å². The highest BCUT2D eigenvalue weighted by Crippen LogP contribution is 2.20. The molecule has 0 saturated carbocycles. The zero-order valence-electron chi connectivity index (χ0n) is 7.37. The third-order valence-electron chi connectivity index (χ3n) is 1.67. The predicted octanol–water partition coefficient (Wildman–Crippen LogP) is 0.805. The van der Waals surface area contributed by atoms with Gasteiger partial charge >= 0.3 is 0 Å². The van der Waals surface area contributed by atoms with Crippen molar-refractivity contribution < 1.29 is 13.9 Å². The number of methoxy groups -OCH3 is 1. The molecule has 5 heteroatoms. The minimum absolute atomic E-state index is 0.130. The molecule has 0 spiro atoms. The van der Waals surface area contributed by atoms with Crippen LogP contribution in [0.5, 0.6) is 5.75 Å². The van der Waals surface area contributed by atoms with E-state index in [9.17, 15) is 9.18 Å². The molecular formula is C9H7FN2O2. The van der Waals surface area contributed by atoms with Crippen molar-refractivity contribution in [2.24, 2.45) is 5.73 Å². The highest BCUT2D eigenvalue weighted by Gasteiger charge is 2.15. The standard InChI is InChI=1S/C9H7FN2O2/c1-14-6-2-5(4-11)8(9(12)13)7(10)3-6/h2-3H,1H3,(H2,12,13). The van der Waals surface area contributed by atoms with Crippen LogP contribution < -0.4 is 10.5 Å². The van der Waals surface area contributed by atoms with Crippen LogP contribution in [0.3, 0.4) is 0 Å². The molecule has 0 radical (unpaired) electrons. The Morgan fingerprint density at radius 3 is 2.71 bits per heavy atom. The number of carbonyl (C=O) groups is 1. The van der Waals surface area contributed by atoms with Crippen molar-refractivity contribution in [2.75, 3.05) is 7.11 Å². The number of hydrogen-bond donors (Lipinski definition) is 1. The molecule has 1 aromatic carbocycles. The van der Waals surface area contributed by atoms with E-state index in [4.69, 9.17) is 15.7 Å². The van der Waals surface area contributed by atoms with Gasteiger partial charge in [-0.15, -0.1) is 0 Å². The summed E-state index contributed by atoms with van der Waals surface area (Å²) < 4.78 is 17.9. The first-order chi connectivity index (χ1) is 6.60. The second-order valence-corrected chi connectivity index (χ2v) is 2.51. The maximum absolute atomic E-state index is 13.2. The lowest BCUT2D eigenvalue weighted by atomic mass is 10.1. The Balaban J connectivity index is 3.44. The Kier molecular flexibility index (Phi) is 2.67. The molecule has 0 unspecified atom stereocenters. The first-order valence-electron chi connectivity index (χ1n) is 3.67. The van der Waals surface area contributed by atoms with Gasteiger partial charge in [0.25, 0.3) is 5.91 Å². The van der Waals surface area contributed by atoms with Crippen LogP contribution in [0.4, 0.5) is 4.39 Å². The van der Waals surface area contributed by atoms with Crippen LogP contribution in [0, 0.1) is 17.1 Å². The summed E-state index contributed by atoms with van der Waals surface area (Å²) in [6.45, 7) is 0. The molecule has 1 amide bonds. The van der Waals surface area contributed by atoms with Gasteiger partial charge in [-0.2, -0.15) is 5.26 Å². The van der Waals surface area contributed by atoms with Gasteiger partial charge in [0.05, 0.1) is 18.2 Å². The SMILES string of the molecule is COc1cc(F)c(C(N)=O)c(C#N)c1. The first kappa shape index (κ1) is 9.99. The average molecular weight is 194 g/mol. The monoisotopic (exact) mass is 194 g/mol. The number of primary amides is 1. The third-order valence-corrected chi connectivity index (χ3v) is 1.67. The van der Waals surface area contributed by atoms with E-state index in [0.717, 1.165) is 6.07 Å². The summed E-state index contributed by atoms with van der Waals surface area (Å²) >= 11 is 0. The molecule has 0 heterocycles. The molecule has 0 aliphatic rings. The highest BCUT2D eigenvalue weighted by atomic mass is 19.1. The van der Waals surface area contributed by atoms with Crippen molar-refractivity contribution in [1.29, 1.82) is 5.26 Å². The fourth-order valence-corrected chi connectivity index (χ4v) is 1.04. The fraction of sp³-hybridized carbons (Fsp3) is 0.111. The molecule has 4 nitrogen and oxygen atoms in total. The highest BCUT2D eigenvalue weighted by molar-refractivity contribution is 5.95. The Bertz CT molecular complexity index is 424. The van der Waals surface area contributed by atoms with Crippen molar-refractivity contribution in [3.8, 4) is 11.8 Å². The summed E-state index contributed by atoms with van der Waals surface area (Å²) in [4.78, 5) is 10.8. The maximum Gasteiger partial charge on any atom is 0.253 e. The van der Waals surface area contributed by atoms with E-state index >= 15 is 0 Å². The van der Waals surface area contributed by atoms with Gasteiger partial charge in [0, 0.05) is 6.07 Å². The number of carbonyl (C=O) groups excluding carboxylic acids is 1. The van der Waals surface area contributed by atoms with Crippen LogP contribution in [-0.2, 0) is 0 Å². The average Bonchev–Trinajstić information content (AvgIpc) is 2.15. The minimum atomic E-state index is -0.971. The lowest BCUT2D eigenvalue weighted by Crippen LogP contribution is -2.15. The number of hydrogen-bond acceptors (Lipinski definition) is 3. The largest absolute Gasteiger partial charge is 0.497 e. The molecule has 1 rings (SSSR count). The van der Waals surface area contributed by atoms with E-state index in [1.54, 1.807) is 6.07 Å². The molecule has 1 aromatic rings. The van der Waals surface area contributed by atoms with E-state index in [2.05, 4.69) is 0 Å². The van der Waals surface area contributed by atoms with E-state index in [1.165, 1.54) is 13.2 Å². The summed E-state index contributed by atoms with van der Waals surface area (Å²) in [5.41, 5.74) is 4.37. The number of benzene rings is 1. The summed E-state index contributed by atoms with van der Waals surface area (Å²) in [6.07, 6.45) is 0. The molecule has 2 N–H and O–H groups in total. The number of nitriles is 1. The normalized spacial score (nSPS) is 9.21. The smallest absolute Gasteiger partial charge is 0.253 e. The number of amides is 1. The van der Waals surface area contributed by atoms with Gasteiger partial charge in [0.15, 0.2) is 0 Å². The minimum Gasteiger partial charge on any atom is -0.497 e. The van der Waals surface area contributed by atoms with Gasteiger partial charge in [0.1, 0.15) is 17.6 Å². The summed E-state index contributed by atoms with van der Waals surface area (Å²) in [7, 11) is 1.33. The Morgan fingerprint density at radius 2 is 2.29 bits per heavy atom. The lowest BCUT2D eigenvalue weighted by molar-refractivity contribution is 0.0996. The molecule has 0 saturated heterocycles. The van der Waals surface area contributed by atoms with Crippen molar-refractivity contribution >= 4 is 5.91 Å². The maximum atomic E-state index is 13.2. The van der Waals surface area contributed by atoms with E-state index in [-0.39, 0.29) is 11.3 Å². The van der Waals surface area contributed by atoms with Crippen LogP contribution in [0.2, 0.25) is 0 Å². The molecule has 0 aliphatic carbocycles. The zero-order chi connectivity index (χ0) is 10.7. The quantitative estimate of drug-likeness (QED) is 0.756. The van der Waals surface area contributed by atoms with E-state index in [0.29, 0.717) is 0 Å². The summed E-state index contributed by atoms with van der Waals surface area (Å²) in [6, 6.07) is 3.93. The lowest BCUT2D eigenvalue weighted by Gasteiger charge is -2.04. The number of ether oxygens (including phenoxy) is 1. The molecule has 14 heavy (non-hydrogen) atoms. The summed E-state index contributed by atoms with van der Waals surface area (Å²) in [5, 5.41) is 8.63. The summed E-state index contributed by atoms with van der Waals surface area (Å²) in [5.74, 6) is -1.65. The van der Waals surface area contributed by atoms with Gasteiger partial charge in [-0.3, -0.25) is 4.79 Å². The van der Waals surface area contributed by atoms with Gasteiger partial charge < -0.3 is 10.5 Å². The second-order valence-electron chi connectivity index (χ2n) is 2.51. The topological polar surface area (TPSA) is 76.1 Å². The molecule has 72 valence electrons. The van der Waals surface area contributed by atoms with Crippen molar-refractivity contribution in [3.63, 3.8) is 0 Å². The van der Waals surface area contributed by atoms with Crippen LogP contribution in [0.1, 0.15) is 15.9 Å². The third kappa shape index (κ3) is 1.64. The van der Waals surface area contributed by atoms with Crippen LogP contribution >= 0.6 is 0 Å². The Hall–Kier alpha value is -2.09. The second kappa shape index (κ2) is 3.75. The molecule has 0 aromatic heterocycles. The molecule has 0 aliphatic heterocycles. The van der Waals surface area contributed by atoms with Crippen molar-refractivity contribution in [2.45, 2.75) is 0 Å². The fourth-order valence-electron chi connectivity index (χ4n) is 1.04. The Labute approximate surface area is 79.7 Å². The van der Waals surface area contributed by atoms with Crippen molar-refractivity contribution in [3.05, 3.63) is 29.1 Å². The van der Waals surface area contributed by atoms with Crippen LogP contribution in [0.15, 0.2) is 12.1 Å². The molecule has 0 fully saturated rings. The van der Waals surface area contributed by atoms with E-state index < -0.39 is 17.3 Å².